The van der Waals surface area contributed by atoms with Gasteiger partial charge in [-0.15, -0.1) is 0 Å². The monoisotopic (exact) mass is 288 g/mol. The van der Waals surface area contributed by atoms with Crippen molar-refractivity contribution in [1.29, 1.82) is 0 Å². The Balaban J connectivity index is 2.16. The van der Waals surface area contributed by atoms with E-state index in [0.29, 0.717) is 23.5 Å². The first-order chi connectivity index (χ1) is 10.1. The summed E-state index contributed by atoms with van der Waals surface area (Å²) in [5.41, 5.74) is -0.223. The molecule has 0 spiro atoms. The molecule has 6 nitrogen and oxygen atoms in total. The van der Waals surface area contributed by atoms with Crippen LogP contribution in [0.4, 0.5) is 0 Å². The van der Waals surface area contributed by atoms with Crippen LogP contribution in [0.25, 0.3) is 11.0 Å². The molecule has 1 aliphatic rings. The smallest absolute Gasteiger partial charge is 0.335 e. The summed E-state index contributed by atoms with van der Waals surface area (Å²) in [6.07, 6.45) is 4.44. The Morgan fingerprint density at radius 1 is 1.29 bits per heavy atom. The van der Waals surface area contributed by atoms with Crippen LogP contribution in [0.1, 0.15) is 36.0 Å². The van der Waals surface area contributed by atoms with Crippen LogP contribution in [0.2, 0.25) is 0 Å². The van der Waals surface area contributed by atoms with Gasteiger partial charge in [-0.3, -0.25) is 9.59 Å². The summed E-state index contributed by atoms with van der Waals surface area (Å²) in [7, 11) is 0. The zero-order valence-corrected chi connectivity index (χ0v) is 11.5. The highest BCUT2D eigenvalue weighted by atomic mass is 16.4. The zero-order chi connectivity index (χ0) is 15.0. The molecule has 1 fully saturated rings. The molecule has 1 aliphatic carbocycles. The number of fused-ring (bicyclic) bond motifs is 1. The number of benzene rings is 1. The maximum absolute atomic E-state index is 12.1. The second kappa shape index (κ2) is 5.20. The van der Waals surface area contributed by atoms with E-state index in [9.17, 15) is 14.4 Å². The van der Waals surface area contributed by atoms with Crippen molar-refractivity contribution in [3.8, 4) is 0 Å². The van der Waals surface area contributed by atoms with Gasteiger partial charge >= 0.3 is 17.1 Å². The number of nitrogens with zero attached hydrogens (tertiary/aromatic N) is 1. The van der Waals surface area contributed by atoms with E-state index in [-0.39, 0.29) is 5.56 Å². The summed E-state index contributed by atoms with van der Waals surface area (Å²) in [4.78, 5) is 37.3. The molecule has 0 bridgehead atoms. The van der Waals surface area contributed by atoms with E-state index in [1.54, 1.807) is 6.07 Å². The van der Waals surface area contributed by atoms with Gasteiger partial charge in [0, 0.05) is 6.54 Å². The number of hydrogen-bond donors (Lipinski definition) is 2. The Morgan fingerprint density at radius 2 is 2.00 bits per heavy atom. The SMILES string of the molecule is O=C(O)c1ccc2c(c1)[nH]c(=O)c(=O)n2CC1CCCC1. The first-order valence-electron chi connectivity index (χ1n) is 7.06. The van der Waals surface area contributed by atoms with E-state index in [1.807, 2.05) is 0 Å². The van der Waals surface area contributed by atoms with Crippen LogP contribution in [-0.4, -0.2) is 20.6 Å². The number of aromatic amines is 1. The topological polar surface area (TPSA) is 92.2 Å². The van der Waals surface area contributed by atoms with Crippen molar-refractivity contribution < 1.29 is 9.90 Å². The molecule has 1 aromatic carbocycles. The predicted molar refractivity (Wildman–Crippen MR) is 77.7 cm³/mol. The summed E-state index contributed by atoms with van der Waals surface area (Å²) in [5.74, 6) is -0.654. The first-order valence-corrected chi connectivity index (χ1v) is 7.06. The maximum Gasteiger partial charge on any atom is 0.335 e. The van der Waals surface area contributed by atoms with Gasteiger partial charge in [0.25, 0.3) is 0 Å². The maximum atomic E-state index is 12.1. The van der Waals surface area contributed by atoms with Gasteiger partial charge in [0.2, 0.25) is 0 Å². The lowest BCUT2D eigenvalue weighted by Gasteiger charge is -2.14. The molecule has 0 amide bonds. The highest BCUT2D eigenvalue weighted by Gasteiger charge is 2.18. The number of aromatic carboxylic acids is 1. The molecular weight excluding hydrogens is 272 g/mol. The Kier molecular flexibility index (Phi) is 3.37. The second-order valence-electron chi connectivity index (χ2n) is 5.56. The summed E-state index contributed by atoms with van der Waals surface area (Å²) in [5, 5.41) is 9.01. The third-order valence-electron chi connectivity index (χ3n) is 4.14. The molecule has 0 aliphatic heterocycles. The molecule has 0 atom stereocenters. The Hall–Kier alpha value is -2.37. The van der Waals surface area contributed by atoms with Crippen molar-refractivity contribution in [3.63, 3.8) is 0 Å². The second-order valence-corrected chi connectivity index (χ2v) is 5.56. The lowest BCUT2D eigenvalue weighted by molar-refractivity contribution is 0.0697. The van der Waals surface area contributed by atoms with Gasteiger partial charge in [0.05, 0.1) is 16.6 Å². The van der Waals surface area contributed by atoms with Crippen LogP contribution in [0.3, 0.4) is 0 Å². The zero-order valence-electron chi connectivity index (χ0n) is 11.5. The van der Waals surface area contributed by atoms with E-state index in [2.05, 4.69) is 4.98 Å². The third kappa shape index (κ3) is 2.49. The normalized spacial score (nSPS) is 15.6. The quantitative estimate of drug-likeness (QED) is 0.839. The van der Waals surface area contributed by atoms with Crippen molar-refractivity contribution in [2.24, 2.45) is 5.92 Å². The summed E-state index contributed by atoms with van der Waals surface area (Å²) in [6, 6.07) is 4.43. The van der Waals surface area contributed by atoms with Gasteiger partial charge in [0.15, 0.2) is 0 Å². The van der Waals surface area contributed by atoms with Crippen LogP contribution in [0.5, 0.6) is 0 Å². The fraction of sp³-hybridized carbons (Fsp3) is 0.400. The molecule has 1 aromatic heterocycles. The average Bonchev–Trinajstić information content (AvgIpc) is 2.96. The minimum atomic E-state index is -1.06. The number of carboxylic acid groups (broad SMARTS) is 1. The number of H-pyrrole nitrogens is 1. The molecule has 3 rings (SSSR count). The van der Waals surface area contributed by atoms with Gasteiger partial charge in [-0.25, -0.2) is 4.79 Å². The summed E-state index contributed by atoms with van der Waals surface area (Å²) in [6.45, 7) is 0.520. The Morgan fingerprint density at radius 3 is 2.67 bits per heavy atom. The van der Waals surface area contributed by atoms with Crippen molar-refractivity contribution in [2.75, 3.05) is 0 Å². The Bertz CT molecular complexity index is 813. The molecule has 6 heteroatoms. The van der Waals surface area contributed by atoms with E-state index in [1.165, 1.54) is 16.7 Å². The third-order valence-corrected chi connectivity index (χ3v) is 4.14. The highest BCUT2D eigenvalue weighted by Crippen LogP contribution is 2.26. The van der Waals surface area contributed by atoms with Crippen LogP contribution in [-0.2, 0) is 6.54 Å². The molecule has 0 radical (unpaired) electrons. The molecule has 0 unspecified atom stereocenters. The Labute approximate surface area is 120 Å². The molecule has 1 heterocycles. The molecule has 110 valence electrons. The van der Waals surface area contributed by atoms with Crippen molar-refractivity contribution in [3.05, 3.63) is 44.5 Å². The van der Waals surface area contributed by atoms with Crippen molar-refractivity contribution >= 4 is 17.0 Å². The van der Waals surface area contributed by atoms with E-state index >= 15 is 0 Å². The highest BCUT2D eigenvalue weighted by molar-refractivity contribution is 5.92. The van der Waals surface area contributed by atoms with Crippen LogP contribution in [0, 0.1) is 5.92 Å². The first kappa shape index (κ1) is 13.6. The van der Waals surface area contributed by atoms with Gasteiger partial charge in [0.1, 0.15) is 0 Å². The predicted octanol–water partition coefficient (Wildman–Crippen LogP) is 1.58. The molecule has 21 heavy (non-hydrogen) atoms. The van der Waals surface area contributed by atoms with Crippen LogP contribution in [0.15, 0.2) is 27.8 Å². The number of carbonyl (C=O) groups is 1. The molecule has 1 saturated carbocycles. The summed E-state index contributed by atoms with van der Waals surface area (Å²) < 4.78 is 1.48. The van der Waals surface area contributed by atoms with Crippen LogP contribution >= 0.6 is 0 Å². The number of hydrogen-bond acceptors (Lipinski definition) is 3. The van der Waals surface area contributed by atoms with Gasteiger partial charge in [-0.05, 0) is 37.0 Å². The number of nitrogens with one attached hydrogen (secondary N) is 1. The fourth-order valence-corrected chi connectivity index (χ4v) is 3.04. The standard InChI is InChI=1S/C15H16N2O4/c18-13-14(19)17(8-9-3-1-2-4-9)12-6-5-10(15(20)21)7-11(12)16-13/h5-7,9H,1-4,8H2,(H,16,18)(H,20,21). The minimum absolute atomic E-state index is 0.0872. The number of carboxylic acids is 1. The molecular formula is C15H16N2O4. The fourth-order valence-electron chi connectivity index (χ4n) is 3.04. The van der Waals surface area contributed by atoms with E-state index in [0.717, 1.165) is 25.7 Å². The largest absolute Gasteiger partial charge is 0.478 e. The van der Waals surface area contributed by atoms with Crippen LogP contribution < -0.4 is 11.1 Å². The van der Waals surface area contributed by atoms with E-state index in [4.69, 9.17) is 5.11 Å². The van der Waals surface area contributed by atoms with E-state index < -0.39 is 17.1 Å². The molecule has 2 aromatic rings. The van der Waals surface area contributed by atoms with Crippen molar-refractivity contribution in [2.45, 2.75) is 32.2 Å². The number of rotatable bonds is 3. The van der Waals surface area contributed by atoms with Crippen molar-refractivity contribution in [1.82, 2.24) is 9.55 Å². The minimum Gasteiger partial charge on any atom is -0.478 e. The lowest BCUT2D eigenvalue weighted by atomic mass is 10.1. The molecule has 2 N–H and O–H groups in total. The van der Waals surface area contributed by atoms with Gasteiger partial charge in [-0.2, -0.15) is 0 Å². The lowest BCUT2D eigenvalue weighted by Crippen LogP contribution is -2.37. The summed E-state index contributed by atoms with van der Waals surface area (Å²) >= 11 is 0. The number of aromatic nitrogens is 2. The average molecular weight is 288 g/mol. The molecule has 0 saturated heterocycles. The van der Waals surface area contributed by atoms with Gasteiger partial charge in [-0.1, -0.05) is 12.8 Å². The van der Waals surface area contributed by atoms with Gasteiger partial charge < -0.3 is 14.7 Å².